The quantitative estimate of drug-likeness (QED) is 0.0757. The van der Waals surface area contributed by atoms with E-state index in [0.717, 1.165) is 45.3 Å². The Morgan fingerprint density at radius 3 is 0.459 bits per heavy atom. The molecule has 0 nitrogen and oxygen atoms in total. The summed E-state index contributed by atoms with van der Waals surface area (Å²) in [4.78, 5) is 0. The van der Waals surface area contributed by atoms with Crippen LogP contribution in [0.5, 0.6) is 0 Å². The van der Waals surface area contributed by atoms with E-state index in [4.69, 9.17) is 0 Å². The van der Waals surface area contributed by atoms with E-state index in [1.807, 2.05) is 0 Å². The number of thiol groups is 1. The van der Waals surface area contributed by atoms with Gasteiger partial charge in [-0.2, -0.15) is 6.26 Å². The number of hydrogen-bond donors (Lipinski definition) is 0. The normalized spacial score (nSPS) is 11.5. The van der Waals surface area contributed by atoms with Crippen molar-refractivity contribution in [2.24, 2.45) is 0 Å². The van der Waals surface area contributed by atoms with Crippen molar-refractivity contribution < 1.29 is 33.0 Å². The third-order valence-electron chi connectivity index (χ3n) is 7.34. The fourth-order valence-corrected chi connectivity index (χ4v) is 20.1. The van der Waals surface area contributed by atoms with Gasteiger partial charge in [-0.25, -0.2) is 0 Å². The molecule has 0 heterocycles. The molecule has 0 fully saturated rings. The summed E-state index contributed by atoms with van der Waals surface area (Å²) < 4.78 is 0. The average molecular weight is 726 g/mol. The molecule has 0 bridgehead atoms. The Hall–Kier alpha value is 3.41. The zero-order valence-corrected chi connectivity index (χ0v) is 35.6. The SMILES string of the molecule is CC(C)[PH+](CC[PH+](C(C)C)C(C)C)C(C)C.CC(C)[PH+](CC[PH+](C(C)C)C(C)C)C(C)C.C[S-].[Ni].[Ni].[SH-]. The summed E-state index contributed by atoms with van der Waals surface area (Å²) in [5.41, 5.74) is 7.61. The first kappa shape index (κ1) is 53.0. The predicted molar refractivity (Wildman–Crippen MR) is 196 cm³/mol. The van der Waals surface area contributed by atoms with Crippen molar-refractivity contribution in [3.63, 3.8) is 0 Å². The molecule has 0 aromatic heterocycles. The van der Waals surface area contributed by atoms with Crippen LogP contribution in [0.1, 0.15) is 111 Å². The van der Waals surface area contributed by atoms with Crippen LogP contribution in [0.2, 0.25) is 0 Å². The minimum atomic E-state index is -0.114. The second-order valence-corrected chi connectivity index (χ2v) is 28.4. The second-order valence-electron chi connectivity index (χ2n) is 12.5. The summed E-state index contributed by atoms with van der Waals surface area (Å²) in [7, 11) is -0.458. The Morgan fingerprint density at radius 2 is 0.405 bits per heavy atom. The van der Waals surface area contributed by atoms with Gasteiger partial charge in [-0.15, -0.1) is 0 Å². The molecule has 8 heteroatoms. The van der Waals surface area contributed by atoms with E-state index in [0.29, 0.717) is 0 Å². The zero-order valence-electron chi connectivity index (χ0n) is 27.9. The van der Waals surface area contributed by atoms with Gasteiger partial charge in [0.25, 0.3) is 0 Å². The summed E-state index contributed by atoms with van der Waals surface area (Å²) in [6.45, 7) is 39.0. The second kappa shape index (κ2) is 30.9. The first-order valence-corrected chi connectivity index (χ1v) is 22.6. The molecule has 0 N–H and O–H groups in total. The molecule has 0 unspecified atom stereocenters. The Kier molecular flexibility index (Phi) is 44.2. The Morgan fingerprint density at radius 1 is 0.324 bits per heavy atom. The van der Waals surface area contributed by atoms with Crippen molar-refractivity contribution in [2.75, 3.05) is 30.9 Å². The molecule has 0 radical (unpaired) electrons. The molecule has 0 aliphatic heterocycles. The van der Waals surface area contributed by atoms with Gasteiger partial charge in [0.2, 0.25) is 0 Å². The van der Waals surface area contributed by atoms with Gasteiger partial charge in [0.15, 0.2) is 0 Å². The maximum absolute atomic E-state index is 4.08. The summed E-state index contributed by atoms with van der Waals surface area (Å²) in [5.74, 6) is 0. The van der Waals surface area contributed by atoms with Crippen LogP contribution < -0.4 is 0 Å². The number of hydrogen-bond acceptors (Lipinski definition) is 2. The van der Waals surface area contributed by atoms with Crippen LogP contribution in [0.3, 0.4) is 0 Å². The minimum Gasteiger partial charge on any atom is -0.813 e. The monoisotopic (exact) mass is 724 g/mol. The van der Waals surface area contributed by atoms with E-state index in [1.54, 1.807) is 30.9 Å². The summed E-state index contributed by atoms with van der Waals surface area (Å²) in [6.07, 6.45) is 7.82. The molecule has 0 aromatic rings. The molecule has 0 atom stereocenters. The van der Waals surface area contributed by atoms with Crippen LogP contribution in [0, 0.1) is 0 Å². The molecular weight excluding hydrogens is 654 g/mol. The van der Waals surface area contributed by atoms with Gasteiger partial charge in [-0.3, -0.25) is 0 Å². The van der Waals surface area contributed by atoms with Gasteiger partial charge in [0, 0.05) is 64.7 Å². The van der Waals surface area contributed by atoms with Crippen LogP contribution >= 0.6 is 31.7 Å². The van der Waals surface area contributed by atoms with Crippen molar-refractivity contribution in [3.05, 3.63) is 0 Å². The zero-order chi connectivity index (χ0) is 27.8. The topological polar surface area (TPSA) is 0 Å². The van der Waals surface area contributed by atoms with E-state index in [9.17, 15) is 0 Å². The van der Waals surface area contributed by atoms with Gasteiger partial charge in [-0.1, -0.05) is 0 Å². The molecule has 0 saturated heterocycles. The van der Waals surface area contributed by atoms with E-state index in [-0.39, 0.29) is 78.2 Å². The Bertz CT molecular complexity index is 338. The maximum atomic E-state index is 4.08. The van der Waals surface area contributed by atoms with Crippen molar-refractivity contribution in [1.82, 2.24) is 0 Å². The first-order valence-electron chi connectivity index (χ1n) is 14.4. The van der Waals surface area contributed by atoms with Crippen LogP contribution in [0.4, 0.5) is 0 Å². The largest absolute Gasteiger partial charge is 0.813 e. The predicted octanol–water partition coefficient (Wildman–Crippen LogP) is 9.98. The van der Waals surface area contributed by atoms with Crippen molar-refractivity contribution >= 4 is 57.8 Å². The molecule has 0 saturated carbocycles. The maximum Gasteiger partial charge on any atom is 0.0910 e. The molecule has 0 aliphatic rings. The van der Waals surface area contributed by atoms with E-state index >= 15 is 0 Å². The van der Waals surface area contributed by atoms with Crippen LogP contribution in [-0.4, -0.2) is 76.2 Å². The van der Waals surface area contributed by atoms with Crippen molar-refractivity contribution in [3.8, 4) is 0 Å². The molecule has 0 amide bonds. The van der Waals surface area contributed by atoms with E-state index < -0.39 is 0 Å². The Labute approximate surface area is 275 Å². The molecule has 37 heavy (non-hydrogen) atoms. The summed E-state index contributed by atoms with van der Waals surface area (Å²) in [6, 6.07) is 0. The molecular formula is C29H72Ni2P4S2+2. The van der Waals surface area contributed by atoms with Gasteiger partial charge in [0.1, 0.15) is 0 Å². The minimum absolute atomic E-state index is 0. The molecule has 0 spiro atoms. The average Bonchev–Trinajstić information content (AvgIpc) is 2.68. The van der Waals surface area contributed by atoms with Crippen LogP contribution in [0.15, 0.2) is 0 Å². The van der Waals surface area contributed by atoms with Crippen molar-refractivity contribution in [1.29, 1.82) is 0 Å². The van der Waals surface area contributed by atoms with Crippen molar-refractivity contribution in [2.45, 2.75) is 156 Å². The Balaban J connectivity index is -0.000000113. The third kappa shape index (κ3) is 26.7. The first-order chi connectivity index (χ1) is 15.5. The molecule has 238 valence electrons. The van der Waals surface area contributed by atoms with E-state index in [1.165, 1.54) is 0 Å². The van der Waals surface area contributed by atoms with Crippen LogP contribution in [-0.2, 0) is 59.1 Å². The summed E-state index contributed by atoms with van der Waals surface area (Å²) >= 11 is 4.08. The van der Waals surface area contributed by atoms with Crippen LogP contribution in [0.25, 0.3) is 0 Å². The molecule has 0 rings (SSSR count). The standard InChI is InChI=1S/2C14H32P2.CH4S.2Ni.H2S/c2*1-11(2)15(12(3)4)9-10-16(13(5)6)14(7)8;1-2;;;/h2*11-14H,9-10H2,1-8H3;2H,1H3;;;1H2/p+2. The van der Waals surface area contributed by atoms with Gasteiger partial charge in [-0.05, 0) is 111 Å². The summed E-state index contributed by atoms with van der Waals surface area (Å²) in [5, 5.41) is 0. The van der Waals surface area contributed by atoms with Gasteiger partial charge < -0.3 is 26.1 Å². The molecule has 0 aliphatic carbocycles. The van der Waals surface area contributed by atoms with Gasteiger partial charge in [0.05, 0.1) is 69.9 Å². The fourth-order valence-electron chi connectivity index (χ4n) is 5.55. The smallest absolute Gasteiger partial charge is 0.0910 e. The fraction of sp³-hybridized carbons (Fsp3) is 1.00. The number of rotatable bonds is 14. The van der Waals surface area contributed by atoms with E-state index in [2.05, 4.69) is 123 Å². The van der Waals surface area contributed by atoms with Gasteiger partial charge >= 0.3 is 0 Å². The third-order valence-corrected chi connectivity index (χ3v) is 23.5. The molecule has 0 aromatic carbocycles.